The average Bonchev–Trinajstić information content (AvgIpc) is 2.67. The third kappa shape index (κ3) is 6.72. The summed E-state index contributed by atoms with van der Waals surface area (Å²) in [4.78, 5) is 26.5. The summed E-state index contributed by atoms with van der Waals surface area (Å²) in [7, 11) is 1.60. The molecule has 0 aliphatic carbocycles. The molecule has 0 heterocycles. The Bertz CT molecular complexity index is 763. The highest BCUT2D eigenvalue weighted by Crippen LogP contribution is 2.22. The average molecular weight is 383 g/mol. The largest absolute Gasteiger partial charge is 0.497 e. The lowest BCUT2D eigenvalue weighted by molar-refractivity contribution is 0.0580. The van der Waals surface area contributed by atoms with Crippen molar-refractivity contribution in [3.8, 4) is 5.75 Å². The van der Waals surface area contributed by atoms with E-state index in [1.807, 2.05) is 75.4 Å². The maximum Gasteiger partial charge on any atom is 0.414 e. The summed E-state index contributed by atoms with van der Waals surface area (Å²) in [6.07, 6.45) is 1.45. The molecule has 0 aliphatic rings. The van der Waals surface area contributed by atoms with E-state index in [4.69, 9.17) is 9.47 Å². The van der Waals surface area contributed by atoms with E-state index in [-0.39, 0.29) is 5.78 Å². The van der Waals surface area contributed by atoms with E-state index in [9.17, 15) is 9.59 Å². The number of rotatable bonds is 8. The Balaban J connectivity index is 1.98. The van der Waals surface area contributed by atoms with Crippen molar-refractivity contribution >= 4 is 17.6 Å². The van der Waals surface area contributed by atoms with E-state index < -0.39 is 11.7 Å². The van der Waals surface area contributed by atoms with Crippen molar-refractivity contribution in [2.24, 2.45) is 0 Å². The van der Waals surface area contributed by atoms with E-state index in [2.05, 4.69) is 0 Å². The predicted octanol–water partition coefficient (Wildman–Crippen LogP) is 5.49. The molecule has 150 valence electrons. The highest BCUT2D eigenvalue weighted by Gasteiger charge is 2.23. The molecule has 0 fully saturated rings. The van der Waals surface area contributed by atoms with Gasteiger partial charge in [0.2, 0.25) is 0 Å². The summed E-state index contributed by atoms with van der Waals surface area (Å²) in [5.41, 5.74) is 0.886. The molecule has 0 unspecified atom stereocenters. The number of amides is 1. The molecular weight excluding hydrogens is 354 g/mol. The summed E-state index contributed by atoms with van der Waals surface area (Å²) in [6.45, 7) is 6.00. The fourth-order valence-electron chi connectivity index (χ4n) is 2.73. The van der Waals surface area contributed by atoms with Gasteiger partial charge < -0.3 is 9.47 Å². The molecule has 2 aromatic carbocycles. The number of benzene rings is 2. The van der Waals surface area contributed by atoms with Gasteiger partial charge >= 0.3 is 6.09 Å². The summed E-state index contributed by atoms with van der Waals surface area (Å²) in [5.74, 6) is 0.843. The number of hydrogen-bond acceptors (Lipinski definition) is 4. The lowest BCUT2D eigenvalue weighted by Crippen LogP contribution is -2.37. The number of nitrogens with zero attached hydrogens (tertiary/aromatic N) is 1. The number of anilines is 1. The van der Waals surface area contributed by atoms with Gasteiger partial charge in [-0.25, -0.2) is 4.79 Å². The second-order valence-electron chi connectivity index (χ2n) is 7.58. The minimum absolute atomic E-state index is 0.119. The highest BCUT2D eigenvalue weighted by molar-refractivity contribution is 5.96. The summed E-state index contributed by atoms with van der Waals surface area (Å²) in [5, 5.41) is 0. The number of hydrogen-bond donors (Lipinski definition) is 0. The lowest BCUT2D eigenvalue weighted by atomic mass is 10.1. The van der Waals surface area contributed by atoms with Crippen LogP contribution >= 0.6 is 0 Å². The van der Waals surface area contributed by atoms with Gasteiger partial charge in [0.1, 0.15) is 11.4 Å². The molecule has 0 N–H and O–H groups in total. The van der Waals surface area contributed by atoms with Crippen molar-refractivity contribution < 1.29 is 19.1 Å². The quantitative estimate of drug-likeness (QED) is 0.447. The number of unbranched alkanes of at least 4 members (excludes halogenated alkanes) is 1. The second kappa shape index (κ2) is 9.93. The summed E-state index contributed by atoms with van der Waals surface area (Å²) >= 11 is 0. The Labute approximate surface area is 167 Å². The van der Waals surface area contributed by atoms with Crippen molar-refractivity contribution in [2.75, 3.05) is 18.6 Å². The highest BCUT2D eigenvalue weighted by atomic mass is 16.6. The molecule has 0 aliphatic heterocycles. The molecule has 0 saturated carbocycles. The van der Waals surface area contributed by atoms with Crippen LogP contribution in [0.15, 0.2) is 54.6 Å². The van der Waals surface area contributed by atoms with Crippen LogP contribution < -0.4 is 9.64 Å². The second-order valence-corrected chi connectivity index (χ2v) is 7.58. The maximum absolute atomic E-state index is 12.7. The zero-order valence-electron chi connectivity index (χ0n) is 17.1. The third-order valence-corrected chi connectivity index (χ3v) is 4.13. The molecule has 0 spiro atoms. The van der Waals surface area contributed by atoms with E-state index in [0.29, 0.717) is 25.8 Å². The molecule has 0 atom stereocenters. The zero-order chi connectivity index (χ0) is 20.6. The number of methoxy groups -OCH3 is 1. The van der Waals surface area contributed by atoms with Gasteiger partial charge in [-0.2, -0.15) is 0 Å². The maximum atomic E-state index is 12.7. The van der Waals surface area contributed by atoms with Crippen LogP contribution in [-0.2, 0) is 4.74 Å². The minimum atomic E-state index is -0.578. The molecule has 0 radical (unpaired) electrons. The Morgan fingerprint density at radius 3 is 2.14 bits per heavy atom. The first kappa shape index (κ1) is 21.5. The number of ether oxygens (including phenoxy) is 2. The molecule has 2 rings (SSSR count). The van der Waals surface area contributed by atoms with Gasteiger partial charge in [0.05, 0.1) is 7.11 Å². The van der Waals surface area contributed by atoms with Crippen molar-refractivity contribution in [3.05, 3.63) is 60.2 Å². The number of Topliss-reactive ketones (excluding diaryl/α,β-unsaturated/α-hetero) is 1. The molecule has 0 aromatic heterocycles. The Morgan fingerprint density at radius 2 is 1.57 bits per heavy atom. The summed E-state index contributed by atoms with van der Waals surface area (Å²) < 4.78 is 10.7. The Hall–Kier alpha value is -2.82. The van der Waals surface area contributed by atoms with Crippen LogP contribution in [0.2, 0.25) is 0 Å². The molecule has 5 nitrogen and oxygen atoms in total. The van der Waals surface area contributed by atoms with Gasteiger partial charge in [-0.1, -0.05) is 30.3 Å². The third-order valence-electron chi connectivity index (χ3n) is 4.13. The van der Waals surface area contributed by atoms with Gasteiger partial charge in [-0.15, -0.1) is 0 Å². The molecule has 2 aromatic rings. The Kier molecular flexibility index (Phi) is 7.61. The van der Waals surface area contributed by atoms with E-state index >= 15 is 0 Å². The van der Waals surface area contributed by atoms with Gasteiger partial charge in [0.25, 0.3) is 0 Å². The molecule has 1 amide bonds. The molecule has 5 heteroatoms. The van der Waals surface area contributed by atoms with Crippen LogP contribution in [0.25, 0.3) is 0 Å². The van der Waals surface area contributed by atoms with Crippen LogP contribution in [0.1, 0.15) is 50.4 Å². The molecule has 0 bridgehead atoms. The smallest absolute Gasteiger partial charge is 0.414 e. The van der Waals surface area contributed by atoms with E-state index in [1.165, 1.54) is 0 Å². The zero-order valence-corrected chi connectivity index (χ0v) is 17.1. The number of carbonyl (C=O) groups excluding carboxylic acids is 2. The van der Waals surface area contributed by atoms with Crippen molar-refractivity contribution in [3.63, 3.8) is 0 Å². The molecule has 0 saturated heterocycles. The van der Waals surface area contributed by atoms with Crippen LogP contribution in [0, 0.1) is 0 Å². The van der Waals surface area contributed by atoms with Gasteiger partial charge in [0, 0.05) is 24.2 Å². The lowest BCUT2D eigenvalue weighted by Gasteiger charge is -2.27. The van der Waals surface area contributed by atoms with Crippen molar-refractivity contribution in [2.45, 2.75) is 45.6 Å². The van der Waals surface area contributed by atoms with Crippen LogP contribution in [0.3, 0.4) is 0 Å². The van der Waals surface area contributed by atoms with Gasteiger partial charge in [-0.05, 0) is 57.9 Å². The van der Waals surface area contributed by atoms with Crippen LogP contribution in [0.5, 0.6) is 5.75 Å². The topological polar surface area (TPSA) is 55.8 Å². The minimum Gasteiger partial charge on any atom is -0.497 e. The monoisotopic (exact) mass is 383 g/mol. The number of carbonyl (C=O) groups is 2. The molecule has 28 heavy (non-hydrogen) atoms. The predicted molar refractivity (Wildman–Crippen MR) is 111 cm³/mol. The fraction of sp³-hybridized carbons (Fsp3) is 0.391. The van der Waals surface area contributed by atoms with Crippen LogP contribution in [0.4, 0.5) is 10.5 Å². The Morgan fingerprint density at radius 1 is 0.929 bits per heavy atom. The number of ketones is 1. The van der Waals surface area contributed by atoms with Gasteiger partial charge in [-0.3, -0.25) is 9.69 Å². The molecular formula is C23H29NO4. The van der Waals surface area contributed by atoms with Crippen molar-refractivity contribution in [1.82, 2.24) is 0 Å². The van der Waals surface area contributed by atoms with E-state index in [0.717, 1.165) is 17.0 Å². The van der Waals surface area contributed by atoms with Crippen molar-refractivity contribution in [1.29, 1.82) is 0 Å². The first-order valence-corrected chi connectivity index (χ1v) is 9.53. The SMILES string of the molecule is COc1ccc(N(CCCCC(=O)c2ccccc2)C(=O)OC(C)(C)C)cc1. The standard InChI is InChI=1S/C23H29NO4/c1-23(2,3)28-22(26)24(19-13-15-20(27-4)16-14-19)17-9-8-12-21(25)18-10-6-5-7-11-18/h5-7,10-11,13-16H,8-9,12,17H2,1-4H3. The normalized spacial score (nSPS) is 11.0. The van der Waals surface area contributed by atoms with E-state index in [1.54, 1.807) is 12.0 Å². The van der Waals surface area contributed by atoms with Crippen LogP contribution in [-0.4, -0.2) is 31.1 Å². The first-order valence-electron chi connectivity index (χ1n) is 9.53. The first-order chi connectivity index (χ1) is 13.3. The fourth-order valence-corrected chi connectivity index (χ4v) is 2.73. The summed E-state index contributed by atoms with van der Waals surface area (Å²) in [6, 6.07) is 16.6. The van der Waals surface area contributed by atoms with Gasteiger partial charge in [0.15, 0.2) is 5.78 Å².